The molecule has 0 spiro atoms. The van der Waals surface area contributed by atoms with Crippen molar-refractivity contribution in [3.63, 3.8) is 0 Å². The van der Waals surface area contributed by atoms with Gasteiger partial charge in [0.25, 0.3) is 0 Å². The Labute approximate surface area is 489 Å². The zero-order valence-electron chi connectivity index (χ0n) is 52.1. The predicted molar refractivity (Wildman–Crippen MR) is 344 cm³/mol. The van der Waals surface area contributed by atoms with Crippen molar-refractivity contribution in [2.75, 3.05) is 13.2 Å². The van der Waals surface area contributed by atoms with E-state index in [0.29, 0.717) is 19.3 Å². The van der Waals surface area contributed by atoms with Gasteiger partial charge in [0.15, 0.2) is 6.10 Å². The Bertz CT molecular complexity index is 1540. The second-order valence-electron chi connectivity index (χ2n) is 22.4. The summed E-state index contributed by atoms with van der Waals surface area (Å²) in [5.74, 6) is -0.884. The van der Waals surface area contributed by atoms with Crippen molar-refractivity contribution >= 4 is 17.9 Å². The fourth-order valence-corrected chi connectivity index (χ4v) is 9.54. The molecule has 0 amide bonds. The van der Waals surface area contributed by atoms with Crippen molar-refractivity contribution in [1.29, 1.82) is 0 Å². The number of unbranched alkanes of at least 4 members (excludes halogenated alkanes) is 34. The van der Waals surface area contributed by atoms with E-state index >= 15 is 0 Å². The third-order valence-electron chi connectivity index (χ3n) is 14.6. The topological polar surface area (TPSA) is 78.9 Å². The standard InChI is InChI=1S/C73H126O6/c1-4-7-10-13-15-17-19-21-23-25-27-29-31-33-35-36-38-39-41-43-45-47-49-51-53-55-57-60-63-66-72(75)78-69-70(68-77-71(74)65-62-59-12-9-6-3)79-73(76)67-64-61-58-56-54-52-50-48-46-44-42-40-37-34-32-30-28-26-24-22-20-18-16-14-11-8-5-2/h7,10,15,17,20-23,26-29,33,35,38-39,70H,4-6,8-9,11-14,16,18-19,24-25,30-32,34,36-37,40-69H2,1-3H3/b10-7-,17-15-,22-20-,23-21-,28-26-,29-27-,35-33-,39-38-. The summed E-state index contributed by atoms with van der Waals surface area (Å²) in [4.78, 5) is 38.0. The predicted octanol–water partition coefficient (Wildman–Crippen LogP) is 23.2. The van der Waals surface area contributed by atoms with Gasteiger partial charge >= 0.3 is 17.9 Å². The van der Waals surface area contributed by atoms with E-state index in [4.69, 9.17) is 14.2 Å². The smallest absolute Gasteiger partial charge is 0.306 e. The Balaban J connectivity index is 4.02. The molecule has 0 aromatic carbocycles. The summed E-state index contributed by atoms with van der Waals surface area (Å²) < 4.78 is 16.8. The zero-order chi connectivity index (χ0) is 57.1. The molecule has 454 valence electrons. The Hall–Kier alpha value is -3.67. The number of hydrogen-bond acceptors (Lipinski definition) is 6. The first kappa shape index (κ1) is 75.3. The highest BCUT2D eigenvalue weighted by molar-refractivity contribution is 5.71. The van der Waals surface area contributed by atoms with Crippen molar-refractivity contribution in [2.24, 2.45) is 0 Å². The van der Waals surface area contributed by atoms with Crippen LogP contribution in [0.25, 0.3) is 0 Å². The largest absolute Gasteiger partial charge is 0.462 e. The molecule has 0 N–H and O–H groups in total. The van der Waals surface area contributed by atoms with Gasteiger partial charge in [-0.25, -0.2) is 0 Å². The van der Waals surface area contributed by atoms with Gasteiger partial charge in [0.1, 0.15) is 13.2 Å². The molecule has 0 bridgehead atoms. The maximum Gasteiger partial charge on any atom is 0.306 e. The van der Waals surface area contributed by atoms with Crippen LogP contribution in [-0.2, 0) is 28.6 Å². The average molecular weight is 1100 g/mol. The van der Waals surface area contributed by atoms with Crippen molar-refractivity contribution in [3.05, 3.63) is 97.2 Å². The van der Waals surface area contributed by atoms with E-state index in [9.17, 15) is 14.4 Å². The molecule has 1 atom stereocenters. The second kappa shape index (κ2) is 66.8. The van der Waals surface area contributed by atoms with E-state index < -0.39 is 6.10 Å². The molecule has 0 radical (unpaired) electrons. The first-order valence-corrected chi connectivity index (χ1v) is 33.7. The van der Waals surface area contributed by atoms with Crippen LogP contribution in [-0.4, -0.2) is 37.2 Å². The van der Waals surface area contributed by atoms with E-state index in [2.05, 4.69) is 118 Å². The average Bonchev–Trinajstić information content (AvgIpc) is 3.45. The number of rotatable bonds is 61. The Morgan fingerprint density at radius 2 is 0.494 bits per heavy atom. The summed E-state index contributed by atoms with van der Waals surface area (Å²) in [5.41, 5.74) is 0. The van der Waals surface area contributed by atoms with Gasteiger partial charge in [0.2, 0.25) is 0 Å². The highest BCUT2D eigenvalue weighted by atomic mass is 16.6. The molecule has 6 nitrogen and oxygen atoms in total. The SMILES string of the molecule is CC/C=C\C/C=C\C/C=C\C/C=C\C/C=C\C/C=C\CCCCCCCCCCCCC(=O)OCC(COC(=O)CCCCCCC)OC(=O)CCCCCCCCCCCCCCCCC/C=C\C/C=C\CCCCCCC. The lowest BCUT2D eigenvalue weighted by molar-refractivity contribution is -0.167. The van der Waals surface area contributed by atoms with Crippen molar-refractivity contribution in [2.45, 2.75) is 335 Å². The van der Waals surface area contributed by atoms with Gasteiger partial charge < -0.3 is 14.2 Å². The summed E-state index contributed by atoms with van der Waals surface area (Å²) in [7, 11) is 0. The van der Waals surface area contributed by atoms with Crippen LogP contribution in [0.3, 0.4) is 0 Å². The molecule has 0 heterocycles. The molecule has 0 saturated carbocycles. The first-order valence-electron chi connectivity index (χ1n) is 33.7. The van der Waals surface area contributed by atoms with E-state index in [-0.39, 0.29) is 31.1 Å². The van der Waals surface area contributed by atoms with Crippen molar-refractivity contribution < 1.29 is 28.6 Å². The van der Waals surface area contributed by atoms with Crippen LogP contribution in [0.5, 0.6) is 0 Å². The van der Waals surface area contributed by atoms with Crippen molar-refractivity contribution in [1.82, 2.24) is 0 Å². The molecule has 6 heteroatoms. The minimum atomic E-state index is -0.776. The van der Waals surface area contributed by atoms with E-state index in [0.717, 1.165) is 109 Å². The Morgan fingerprint density at radius 3 is 0.772 bits per heavy atom. The molecule has 0 saturated heterocycles. The highest BCUT2D eigenvalue weighted by Gasteiger charge is 2.19. The van der Waals surface area contributed by atoms with Crippen LogP contribution in [0.1, 0.15) is 329 Å². The molecular weight excluding hydrogens is 973 g/mol. The van der Waals surface area contributed by atoms with Crippen LogP contribution in [0, 0.1) is 0 Å². The molecule has 1 unspecified atom stereocenters. The molecule has 0 fully saturated rings. The van der Waals surface area contributed by atoms with Gasteiger partial charge in [0, 0.05) is 19.3 Å². The molecule has 0 aromatic rings. The Kier molecular flexibility index (Phi) is 63.7. The molecular formula is C73H126O6. The molecule has 0 aliphatic rings. The fraction of sp³-hybridized carbons (Fsp3) is 0.740. The van der Waals surface area contributed by atoms with Gasteiger partial charge in [-0.15, -0.1) is 0 Å². The summed E-state index contributed by atoms with van der Waals surface area (Å²) >= 11 is 0. The molecule has 0 aliphatic carbocycles. The Morgan fingerprint density at radius 1 is 0.266 bits per heavy atom. The third-order valence-corrected chi connectivity index (χ3v) is 14.6. The molecule has 79 heavy (non-hydrogen) atoms. The van der Waals surface area contributed by atoms with Crippen LogP contribution in [0.15, 0.2) is 97.2 Å². The van der Waals surface area contributed by atoms with Crippen LogP contribution in [0.2, 0.25) is 0 Å². The zero-order valence-corrected chi connectivity index (χ0v) is 52.1. The number of carbonyl (C=O) groups excluding carboxylic acids is 3. The second-order valence-corrected chi connectivity index (χ2v) is 22.4. The summed E-state index contributed by atoms with van der Waals surface area (Å²) in [6.07, 6.45) is 90.5. The highest BCUT2D eigenvalue weighted by Crippen LogP contribution is 2.17. The minimum absolute atomic E-state index is 0.0771. The number of allylic oxidation sites excluding steroid dienone is 16. The molecule has 0 rings (SSSR count). The molecule has 0 aliphatic heterocycles. The van der Waals surface area contributed by atoms with Crippen LogP contribution in [0.4, 0.5) is 0 Å². The lowest BCUT2D eigenvalue weighted by Gasteiger charge is -2.18. The normalized spacial score (nSPS) is 12.7. The lowest BCUT2D eigenvalue weighted by atomic mass is 10.0. The van der Waals surface area contributed by atoms with E-state index in [1.165, 1.54) is 180 Å². The third kappa shape index (κ3) is 65.0. The van der Waals surface area contributed by atoms with Gasteiger partial charge in [-0.2, -0.15) is 0 Å². The maximum absolute atomic E-state index is 12.9. The van der Waals surface area contributed by atoms with Gasteiger partial charge in [-0.3, -0.25) is 14.4 Å². The van der Waals surface area contributed by atoms with E-state index in [1.54, 1.807) is 0 Å². The number of hydrogen-bond donors (Lipinski definition) is 0. The molecule has 0 aromatic heterocycles. The first-order chi connectivity index (χ1) is 39.0. The number of esters is 3. The summed E-state index contributed by atoms with van der Waals surface area (Å²) in [5, 5.41) is 0. The minimum Gasteiger partial charge on any atom is -0.462 e. The quantitative estimate of drug-likeness (QED) is 0.0261. The number of ether oxygens (including phenoxy) is 3. The summed E-state index contributed by atoms with van der Waals surface area (Å²) in [6, 6.07) is 0. The van der Waals surface area contributed by atoms with Crippen LogP contribution >= 0.6 is 0 Å². The van der Waals surface area contributed by atoms with Gasteiger partial charge in [0.05, 0.1) is 0 Å². The lowest BCUT2D eigenvalue weighted by Crippen LogP contribution is -2.30. The van der Waals surface area contributed by atoms with E-state index in [1.807, 2.05) is 0 Å². The van der Waals surface area contributed by atoms with Gasteiger partial charge in [-0.05, 0) is 103 Å². The fourth-order valence-electron chi connectivity index (χ4n) is 9.54. The summed E-state index contributed by atoms with van der Waals surface area (Å²) in [6.45, 7) is 6.46. The van der Waals surface area contributed by atoms with Gasteiger partial charge in [-0.1, -0.05) is 304 Å². The van der Waals surface area contributed by atoms with Crippen LogP contribution < -0.4 is 0 Å². The van der Waals surface area contributed by atoms with Crippen molar-refractivity contribution in [3.8, 4) is 0 Å². The number of carbonyl (C=O) groups is 3. The maximum atomic E-state index is 12.9. The monoisotopic (exact) mass is 1100 g/mol.